The summed E-state index contributed by atoms with van der Waals surface area (Å²) in [6.07, 6.45) is 0.307. The lowest BCUT2D eigenvalue weighted by molar-refractivity contribution is 0.0231. The van der Waals surface area contributed by atoms with Gasteiger partial charge >= 0.3 is 0 Å². The van der Waals surface area contributed by atoms with Crippen molar-refractivity contribution in [3.8, 4) is 11.5 Å². The first-order chi connectivity index (χ1) is 12.3. The molecule has 2 aromatic carbocycles. The maximum absolute atomic E-state index is 13.0. The number of aliphatic hydroxyl groups is 1. The molecule has 6 heteroatoms. The fourth-order valence-electron chi connectivity index (χ4n) is 3.92. The molecule has 2 aromatic rings. The molecule has 2 aliphatic rings. The van der Waals surface area contributed by atoms with Gasteiger partial charge in [0, 0.05) is 29.5 Å². The van der Waals surface area contributed by atoms with Crippen LogP contribution in [-0.4, -0.2) is 38.3 Å². The van der Waals surface area contributed by atoms with Crippen molar-refractivity contribution in [2.45, 2.75) is 31.8 Å². The molecule has 1 atom stereocenters. The highest BCUT2D eigenvalue weighted by Gasteiger charge is 2.43. The summed E-state index contributed by atoms with van der Waals surface area (Å²) >= 11 is 0. The molecule has 4 rings (SSSR count). The minimum Gasteiger partial charge on any atom is -0.507 e. The molecular formula is C20H16O6. The lowest BCUT2D eigenvalue weighted by atomic mass is 9.72. The number of carbonyl (C=O) groups is 3. The number of Topliss-reactive ketones (excluding diaryl/α,β-unsaturated/α-hetero) is 1. The smallest absolute Gasteiger partial charge is 0.201 e. The van der Waals surface area contributed by atoms with Crippen LogP contribution in [0.1, 0.15) is 67.5 Å². The largest absolute Gasteiger partial charge is 0.507 e. The lowest BCUT2D eigenvalue weighted by Gasteiger charge is -2.34. The Bertz CT molecular complexity index is 1020. The SMILES string of the molecule is CC[C@]1(O)CC(=O)c2c(cc(O)c3c2C(=O)c2cccc(O)c2C3=O)C1. The van der Waals surface area contributed by atoms with Crippen molar-refractivity contribution in [1.82, 2.24) is 0 Å². The number of fused-ring (bicyclic) bond motifs is 4. The van der Waals surface area contributed by atoms with Crippen molar-refractivity contribution < 1.29 is 29.7 Å². The van der Waals surface area contributed by atoms with Gasteiger partial charge in [0.05, 0.1) is 16.7 Å². The zero-order valence-corrected chi connectivity index (χ0v) is 14.0. The molecule has 6 nitrogen and oxygen atoms in total. The van der Waals surface area contributed by atoms with Crippen LogP contribution in [0.25, 0.3) is 0 Å². The fourth-order valence-corrected chi connectivity index (χ4v) is 3.92. The molecule has 0 radical (unpaired) electrons. The van der Waals surface area contributed by atoms with Gasteiger partial charge in [-0.2, -0.15) is 0 Å². The first kappa shape index (κ1) is 16.5. The van der Waals surface area contributed by atoms with E-state index in [1.807, 2.05) is 0 Å². The summed E-state index contributed by atoms with van der Waals surface area (Å²) in [5.74, 6) is -2.50. The number of phenols is 2. The predicted octanol–water partition coefficient (Wildman–Crippen LogP) is 2.14. The highest BCUT2D eigenvalue weighted by Crippen LogP contribution is 2.43. The first-order valence-corrected chi connectivity index (χ1v) is 8.33. The number of hydrogen-bond donors (Lipinski definition) is 3. The van der Waals surface area contributed by atoms with E-state index < -0.39 is 28.7 Å². The Balaban J connectivity index is 2.03. The maximum atomic E-state index is 13.0. The van der Waals surface area contributed by atoms with Gasteiger partial charge in [-0.15, -0.1) is 0 Å². The molecule has 132 valence electrons. The van der Waals surface area contributed by atoms with Gasteiger partial charge in [0.15, 0.2) is 11.6 Å². The first-order valence-electron chi connectivity index (χ1n) is 8.33. The molecule has 0 aliphatic heterocycles. The van der Waals surface area contributed by atoms with Crippen molar-refractivity contribution in [2.24, 2.45) is 0 Å². The van der Waals surface area contributed by atoms with Gasteiger partial charge in [0.1, 0.15) is 11.5 Å². The van der Waals surface area contributed by atoms with Gasteiger partial charge in [-0.3, -0.25) is 14.4 Å². The van der Waals surface area contributed by atoms with Crippen molar-refractivity contribution in [1.29, 1.82) is 0 Å². The molecule has 0 saturated carbocycles. The van der Waals surface area contributed by atoms with Gasteiger partial charge in [0.2, 0.25) is 5.78 Å². The Morgan fingerprint density at radius 2 is 1.65 bits per heavy atom. The van der Waals surface area contributed by atoms with Crippen LogP contribution >= 0.6 is 0 Å². The molecule has 0 fully saturated rings. The van der Waals surface area contributed by atoms with Crippen molar-refractivity contribution >= 4 is 17.3 Å². The van der Waals surface area contributed by atoms with Crippen LogP contribution in [0.4, 0.5) is 0 Å². The van der Waals surface area contributed by atoms with Gasteiger partial charge < -0.3 is 15.3 Å². The number of benzene rings is 2. The second-order valence-corrected chi connectivity index (χ2v) is 6.89. The van der Waals surface area contributed by atoms with Crippen molar-refractivity contribution in [2.75, 3.05) is 0 Å². The van der Waals surface area contributed by atoms with E-state index in [0.717, 1.165) is 0 Å². The summed E-state index contributed by atoms with van der Waals surface area (Å²) in [6.45, 7) is 1.75. The van der Waals surface area contributed by atoms with Crippen LogP contribution in [0.15, 0.2) is 24.3 Å². The van der Waals surface area contributed by atoms with Crippen LogP contribution in [0, 0.1) is 0 Å². The Morgan fingerprint density at radius 3 is 2.35 bits per heavy atom. The second kappa shape index (κ2) is 5.25. The molecular weight excluding hydrogens is 336 g/mol. The molecule has 26 heavy (non-hydrogen) atoms. The van der Waals surface area contributed by atoms with Crippen LogP contribution in [-0.2, 0) is 6.42 Å². The molecule has 0 unspecified atom stereocenters. The summed E-state index contributed by atoms with van der Waals surface area (Å²) in [4.78, 5) is 38.6. The van der Waals surface area contributed by atoms with Gasteiger partial charge in [-0.05, 0) is 24.1 Å². The van der Waals surface area contributed by atoms with Crippen LogP contribution in [0.3, 0.4) is 0 Å². The molecule has 2 aliphatic carbocycles. The van der Waals surface area contributed by atoms with Crippen LogP contribution in [0.2, 0.25) is 0 Å². The third kappa shape index (κ3) is 2.05. The second-order valence-electron chi connectivity index (χ2n) is 6.89. The zero-order valence-electron chi connectivity index (χ0n) is 14.0. The number of ketones is 3. The van der Waals surface area contributed by atoms with E-state index in [2.05, 4.69) is 0 Å². The molecule has 0 amide bonds. The average molecular weight is 352 g/mol. The summed E-state index contributed by atoms with van der Waals surface area (Å²) in [5, 5.41) is 30.9. The van der Waals surface area contributed by atoms with E-state index in [1.54, 1.807) is 6.92 Å². The minimum atomic E-state index is -1.23. The molecule has 0 spiro atoms. The predicted molar refractivity (Wildman–Crippen MR) is 91.0 cm³/mol. The third-order valence-electron chi connectivity index (χ3n) is 5.30. The summed E-state index contributed by atoms with van der Waals surface area (Å²) in [7, 11) is 0. The van der Waals surface area contributed by atoms with Crippen molar-refractivity contribution in [3.63, 3.8) is 0 Å². The molecule has 3 N–H and O–H groups in total. The molecule has 0 saturated heterocycles. The number of rotatable bonds is 1. The topological polar surface area (TPSA) is 112 Å². The Morgan fingerprint density at radius 1 is 0.923 bits per heavy atom. The highest BCUT2D eigenvalue weighted by molar-refractivity contribution is 6.32. The molecule has 0 bridgehead atoms. The van der Waals surface area contributed by atoms with E-state index in [0.29, 0.717) is 12.0 Å². The quantitative estimate of drug-likeness (QED) is 0.619. The lowest BCUT2D eigenvalue weighted by Crippen LogP contribution is -2.39. The number of carbonyl (C=O) groups excluding carboxylic acids is 3. The van der Waals surface area contributed by atoms with Gasteiger partial charge in [0.25, 0.3) is 0 Å². The number of phenolic OH excluding ortho intramolecular Hbond substituents is 2. The van der Waals surface area contributed by atoms with Gasteiger partial charge in [-0.1, -0.05) is 19.1 Å². The van der Waals surface area contributed by atoms with E-state index in [-0.39, 0.29) is 46.4 Å². The summed E-state index contributed by atoms with van der Waals surface area (Å²) < 4.78 is 0. The Hall–Kier alpha value is -2.99. The normalized spacial score (nSPS) is 21.2. The van der Waals surface area contributed by atoms with Gasteiger partial charge in [-0.25, -0.2) is 0 Å². The van der Waals surface area contributed by atoms with Crippen LogP contribution < -0.4 is 0 Å². The van der Waals surface area contributed by atoms with E-state index >= 15 is 0 Å². The number of hydrogen-bond acceptors (Lipinski definition) is 6. The zero-order chi connectivity index (χ0) is 18.8. The van der Waals surface area contributed by atoms with Crippen LogP contribution in [0.5, 0.6) is 11.5 Å². The third-order valence-corrected chi connectivity index (χ3v) is 5.30. The number of aromatic hydroxyl groups is 2. The minimum absolute atomic E-state index is 0.000531. The van der Waals surface area contributed by atoms with E-state index in [1.165, 1.54) is 24.3 Å². The fraction of sp³-hybridized carbons (Fsp3) is 0.250. The Kier molecular flexibility index (Phi) is 3.33. The highest BCUT2D eigenvalue weighted by atomic mass is 16.3. The average Bonchev–Trinajstić information content (AvgIpc) is 2.58. The van der Waals surface area contributed by atoms with E-state index in [9.17, 15) is 29.7 Å². The maximum Gasteiger partial charge on any atom is 0.201 e. The Labute approximate surface area is 148 Å². The molecule has 0 heterocycles. The monoisotopic (exact) mass is 352 g/mol. The standard InChI is InChI=1S/C20H16O6/c1-2-20(26)7-9-6-12(22)16-17(14(9)13(23)8-20)18(24)10-4-3-5-11(21)15(10)19(16)25/h3-6,21-22,26H,2,7-8H2,1H3/t20-/m1/s1. The summed E-state index contributed by atoms with van der Waals surface area (Å²) in [6, 6.07) is 5.40. The summed E-state index contributed by atoms with van der Waals surface area (Å²) in [5.41, 5.74) is -1.37. The van der Waals surface area contributed by atoms with Crippen molar-refractivity contribution in [3.05, 3.63) is 57.6 Å². The van der Waals surface area contributed by atoms with E-state index in [4.69, 9.17) is 0 Å². The molecule has 0 aromatic heterocycles.